The van der Waals surface area contributed by atoms with Crippen LogP contribution in [0.2, 0.25) is 0 Å². The molecular weight excluding hydrogens is 238 g/mol. The van der Waals surface area contributed by atoms with Gasteiger partial charge in [0, 0.05) is 19.0 Å². The second kappa shape index (κ2) is 6.20. The highest BCUT2D eigenvalue weighted by Gasteiger charge is 2.25. The first-order valence-electron chi connectivity index (χ1n) is 7.08. The minimum absolute atomic E-state index is 0.303. The molecule has 0 bridgehead atoms. The molecule has 1 aliphatic heterocycles. The molecule has 1 aliphatic rings. The van der Waals surface area contributed by atoms with E-state index in [1.54, 1.807) is 0 Å². The minimum Gasteiger partial charge on any atom is -0.481 e. The Labute approximate surface area is 115 Å². The van der Waals surface area contributed by atoms with Gasteiger partial charge in [-0.05, 0) is 44.7 Å². The number of likely N-dealkylation sites (tertiary alicyclic amines) is 1. The smallest absolute Gasteiger partial charge is 0.303 e. The summed E-state index contributed by atoms with van der Waals surface area (Å²) in [4.78, 5) is 13.3. The van der Waals surface area contributed by atoms with Crippen LogP contribution in [0, 0.1) is 12.8 Å². The number of carboxylic acids is 1. The van der Waals surface area contributed by atoms with Gasteiger partial charge in [-0.3, -0.25) is 9.69 Å². The number of nitrogens with zero attached hydrogens (tertiary/aromatic N) is 1. The average molecular weight is 261 g/mol. The van der Waals surface area contributed by atoms with Crippen molar-refractivity contribution in [2.45, 2.75) is 39.2 Å². The largest absolute Gasteiger partial charge is 0.481 e. The van der Waals surface area contributed by atoms with Crippen molar-refractivity contribution in [3.63, 3.8) is 0 Å². The maximum Gasteiger partial charge on any atom is 0.303 e. The Hall–Kier alpha value is -1.35. The van der Waals surface area contributed by atoms with E-state index in [0.717, 1.165) is 25.9 Å². The molecule has 1 saturated heterocycles. The third-order valence-electron chi connectivity index (χ3n) is 4.12. The molecule has 0 radical (unpaired) electrons. The van der Waals surface area contributed by atoms with E-state index >= 15 is 0 Å². The lowest BCUT2D eigenvalue weighted by molar-refractivity contribution is -0.138. The topological polar surface area (TPSA) is 40.5 Å². The summed E-state index contributed by atoms with van der Waals surface area (Å²) < 4.78 is 0. The van der Waals surface area contributed by atoms with E-state index in [1.807, 2.05) is 0 Å². The van der Waals surface area contributed by atoms with Crippen molar-refractivity contribution < 1.29 is 9.90 Å². The molecule has 3 heteroatoms. The van der Waals surface area contributed by atoms with E-state index in [9.17, 15) is 4.79 Å². The van der Waals surface area contributed by atoms with Gasteiger partial charge in [-0.25, -0.2) is 0 Å². The number of hydrogen-bond acceptors (Lipinski definition) is 2. The summed E-state index contributed by atoms with van der Waals surface area (Å²) in [5, 5.41) is 8.92. The number of aryl methyl sites for hydroxylation is 1. The van der Waals surface area contributed by atoms with E-state index in [4.69, 9.17) is 5.11 Å². The highest BCUT2D eigenvalue weighted by molar-refractivity contribution is 5.67. The van der Waals surface area contributed by atoms with Crippen LogP contribution < -0.4 is 0 Å². The fraction of sp³-hybridized carbons (Fsp3) is 0.562. The van der Waals surface area contributed by atoms with E-state index < -0.39 is 5.97 Å². The third-order valence-corrected chi connectivity index (χ3v) is 4.12. The van der Waals surface area contributed by atoms with E-state index in [-0.39, 0.29) is 0 Å². The molecule has 1 fully saturated rings. The molecule has 0 aromatic heterocycles. The second-order valence-electron chi connectivity index (χ2n) is 5.69. The van der Waals surface area contributed by atoms with Crippen LogP contribution in [0.5, 0.6) is 0 Å². The molecular formula is C16H23NO2. The summed E-state index contributed by atoms with van der Waals surface area (Å²) in [6.07, 6.45) is 2.45. The summed E-state index contributed by atoms with van der Waals surface area (Å²) in [6, 6.07) is 9.02. The zero-order valence-electron chi connectivity index (χ0n) is 11.8. The number of carboxylic acid groups (broad SMARTS) is 1. The SMILES string of the molecule is Cc1ccc(C(C)N2CCCC(CC(=O)O)C2)cc1. The summed E-state index contributed by atoms with van der Waals surface area (Å²) in [7, 11) is 0. The standard InChI is InChI=1S/C16H23NO2/c1-12-5-7-15(8-6-12)13(2)17-9-3-4-14(11-17)10-16(18)19/h5-8,13-14H,3-4,9-11H2,1-2H3,(H,18,19). The number of rotatable bonds is 4. The molecule has 1 aromatic rings. The quantitative estimate of drug-likeness (QED) is 0.904. The Morgan fingerprint density at radius 3 is 2.74 bits per heavy atom. The molecule has 2 unspecified atom stereocenters. The van der Waals surface area contributed by atoms with Gasteiger partial charge in [0.1, 0.15) is 0 Å². The molecule has 1 aromatic carbocycles. The Morgan fingerprint density at radius 1 is 1.42 bits per heavy atom. The Morgan fingerprint density at radius 2 is 2.11 bits per heavy atom. The molecule has 0 saturated carbocycles. The van der Waals surface area contributed by atoms with Gasteiger partial charge >= 0.3 is 5.97 Å². The van der Waals surface area contributed by atoms with E-state index in [0.29, 0.717) is 18.4 Å². The number of carbonyl (C=O) groups is 1. The maximum absolute atomic E-state index is 10.8. The summed E-state index contributed by atoms with van der Waals surface area (Å²) in [5.41, 5.74) is 2.60. The van der Waals surface area contributed by atoms with Crippen molar-refractivity contribution in [3.05, 3.63) is 35.4 Å². The highest BCUT2D eigenvalue weighted by atomic mass is 16.4. The fourth-order valence-electron chi connectivity index (χ4n) is 2.92. The molecule has 0 spiro atoms. The molecule has 104 valence electrons. The van der Waals surface area contributed by atoms with Gasteiger partial charge in [-0.2, -0.15) is 0 Å². The molecule has 2 rings (SSSR count). The summed E-state index contributed by atoms with van der Waals surface area (Å²) in [6.45, 7) is 6.29. The van der Waals surface area contributed by atoms with Gasteiger partial charge < -0.3 is 5.11 Å². The lowest BCUT2D eigenvalue weighted by atomic mass is 9.92. The van der Waals surface area contributed by atoms with Crippen LogP contribution in [-0.4, -0.2) is 29.1 Å². The van der Waals surface area contributed by atoms with Crippen molar-refractivity contribution in [2.24, 2.45) is 5.92 Å². The Balaban J connectivity index is 2.00. The van der Waals surface area contributed by atoms with Gasteiger partial charge in [0.15, 0.2) is 0 Å². The summed E-state index contributed by atoms with van der Waals surface area (Å²) >= 11 is 0. The lowest BCUT2D eigenvalue weighted by Gasteiger charge is -2.36. The first kappa shape index (κ1) is 14.1. The van der Waals surface area contributed by atoms with Gasteiger partial charge in [0.25, 0.3) is 0 Å². The summed E-state index contributed by atoms with van der Waals surface area (Å²) in [5.74, 6) is -0.367. The van der Waals surface area contributed by atoms with Crippen LogP contribution in [0.3, 0.4) is 0 Å². The van der Waals surface area contributed by atoms with E-state index in [1.165, 1.54) is 11.1 Å². The van der Waals surface area contributed by atoms with Crippen LogP contribution in [-0.2, 0) is 4.79 Å². The molecule has 3 nitrogen and oxygen atoms in total. The van der Waals surface area contributed by atoms with Gasteiger partial charge in [0.05, 0.1) is 0 Å². The van der Waals surface area contributed by atoms with Crippen molar-refractivity contribution in [2.75, 3.05) is 13.1 Å². The van der Waals surface area contributed by atoms with Crippen LogP contribution in [0.4, 0.5) is 0 Å². The lowest BCUT2D eigenvalue weighted by Crippen LogP contribution is -2.37. The Kier molecular flexibility index (Phi) is 4.59. The number of hydrogen-bond donors (Lipinski definition) is 1. The maximum atomic E-state index is 10.8. The molecule has 1 N–H and O–H groups in total. The van der Waals surface area contributed by atoms with Crippen LogP contribution >= 0.6 is 0 Å². The normalized spacial score (nSPS) is 22.1. The first-order chi connectivity index (χ1) is 9.06. The van der Waals surface area contributed by atoms with Crippen LogP contribution in [0.25, 0.3) is 0 Å². The first-order valence-corrected chi connectivity index (χ1v) is 7.08. The van der Waals surface area contributed by atoms with Crippen LogP contribution in [0.15, 0.2) is 24.3 Å². The van der Waals surface area contributed by atoms with E-state index in [2.05, 4.69) is 43.0 Å². The predicted molar refractivity (Wildman–Crippen MR) is 76.1 cm³/mol. The van der Waals surface area contributed by atoms with Crippen molar-refractivity contribution in [1.82, 2.24) is 4.90 Å². The van der Waals surface area contributed by atoms with Gasteiger partial charge in [-0.1, -0.05) is 29.8 Å². The number of benzene rings is 1. The van der Waals surface area contributed by atoms with Gasteiger partial charge in [-0.15, -0.1) is 0 Å². The average Bonchev–Trinajstić information content (AvgIpc) is 2.38. The molecule has 1 heterocycles. The Bertz CT molecular complexity index is 427. The number of aliphatic carboxylic acids is 1. The third kappa shape index (κ3) is 3.80. The van der Waals surface area contributed by atoms with Crippen molar-refractivity contribution in [3.8, 4) is 0 Å². The monoisotopic (exact) mass is 261 g/mol. The van der Waals surface area contributed by atoms with Gasteiger partial charge in [0.2, 0.25) is 0 Å². The molecule has 19 heavy (non-hydrogen) atoms. The highest BCUT2D eigenvalue weighted by Crippen LogP contribution is 2.28. The second-order valence-corrected chi connectivity index (χ2v) is 5.69. The molecule has 2 atom stereocenters. The minimum atomic E-state index is -0.671. The zero-order chi connectivity index (χ0) is 13.8. The fourth-order valence-corrected chi connectivity index (χ4v) is 2.92. The van der Waals surface area contributed by atoms with Crippen molar-refractivity contribution >= 4 is 5.97 Å². The van der Waals surface area contributed by atoms with Crippen molar-refractivity contribution in [1.29, 1.82) is 0 Å². The van der Waals surface area contributed by atoms with Crippen LogP contribution in [0.1, 0.15) is 43.4 Å². The number of piperidine rings is 1. The zero-order valence-corrected chi connectivity index (χ0v) is 11.8. The molecule has 0 amide bonds. The predicted octanol–water partition coefficient (Wildman–Crippen LogP) is 3.24. The molecule has 0 aliphatic carbocycles.